The molecule has 0 aliphatic carbocycles. The topological polar surface area (TPSA) is 89.3 Å². The first kappa shape index (κ1) is 11.8. The minimum atomic E-state index is -0.128. The molecule has 0 saturated carbocycles. The van der Waals surface area contributed by atoms with Crippen LogP contribution in [-0.2, 0) is 4.74 Å². The minimum Gasteiger partial charge on any atom is -0.379 e. The molecule has 6 heteroatoms. The summed E-state index contributed by atoms with van der Waals surface area (Å²) in [6.45, 7) is 1.37. The summed E-state index contributed by atoms with van der Waals surface area (Å²) in [5.74, 6) is 5.60. The van der Waals surface area contributed by atoms with Crippen molar-refractivity contribution in [2.75, 3.05) is 18.6 Å². The Morgan fingerprint density at radius 1 is 1.53 bits per heavy atom. The van der Waals surface area contributed by atoms with Crippen LogP contribution in [0.4, 0.5) is 5.82 Å². The summed E-state index contributed by atoms with van der Waals surface area (Å²) in [5.41, 5.74) is 2.93. The molecule has 0 bridgehead atoms. The van der Waals surface area contributed by atoms with Crippen molar-refractivity contribution >= 4 is 11.7 Å². The van der Waals surface area contributed by atoms with Crippen LogP contribution in [0, 0.1) is 0 Å². The molecule has 4 N–H and O–H groups in total. The van der Waals surface area contributed by atoms with Crippen LogP contribution in [0.5, 0.6) is 0 Å². The van der Waals surface area contributed by atoms with Gasteiger partial charge in [-0.15, -0.1) is 0 Å². The highest BCUT2D eigenvalue weighted by molar-refractivity contribution is 5.94. The third-order valence-corrected chi connectivity index (χ3v) is 2.67. The number of nitrogens with two attached hydrogens (primary N) is 1. The standard InChI is InChI=1S/C11H16N4O2/c12-15-10-4-3-8(6-13-10)11(16)14-9-2-1-5-17-7-9/h3-4,6,9H,1-2,5,7,12H2,(H,13,15)(H,14,16). The van der Waals surface area contributed by atoms with Gasteiger partial charge in [-0.3, -0.25) is 4.79 Å². The molecule has 92 valence electrons. The molecule has 1 aliphatic heterocycles. The Morgan fingerprint density at radius 2 is 2.41 bits per heavy atom. The zero-order chi connectivity index (χ0) is 12.1. The summed E-state index contributed by atoms with van der Waals surface area (Å²) in [6, 6.07) is 3.44. The number of carbonyl (C=O) groups excluding carboxylic acids is 1. The highest BCUT2D eigenvalue weighted by Gasteiger charge is 2.17. The lowest BCUT2D eigenvalue weighted by Crippen LogP contribution is -2.40. The smallest absolute Gasteiger partial charge is 0.253 e. The van der Waals surface area contributed by atoms with Crippen LogP contribution in [0.2, 0.25) is 0 Å². The molecule has 6 nitrogen and oxygen atoms in total. The number of ether oxygens (including phenoxy) is 1. The molecule has 1 aliphatic rings. The molecule has 1 aromatic heterocycles. The van der Waals surface area contributed by atoms with Crippen molar-refractivity contribution in [3.63, 3.8) is 0 Å². The van der Waals surface area contributed by atoms with Gasteiger partial charge in [0.25, 0.3) is 5.91 Å². The molecule has 2 heterocycles. The van der Waals surface area contributed by atoms with E-state index in [-0.39, 0.29) is 11.9 Å². The van der Waals surface area contributed by atoms with E-state index in [1.165, 1.54) is 6.20 Å². The Kier molecular flexibility index (Phi) is 3.89. The van der Waals surface area contributed by atoms with Crippen LogP contribution >= 0.6 is 0 Å². The zero-order valence-corrected chi connectivity index (χ0v) is 9.48. The van der Waals surface area contributed by atoms with Crippen molar-refractivity contribution in [2.24, 2.45) is 5.84 Å². The Morgan fingerprint density at radius 3 is 3.00 bits per heavy atom. The molecule has 17 heavy (non-hydrogen) atoms. The second-order valence-corrected chi connectivity index (χ2v) is 3.96. The molecule has 1 unspecified atom stereocenters. The van der Waals surface area contributed by atoms with E-state index in [1.54, 1.807) is 12.1 Å². The van der Waals surface area contributed by atoms with Gasteiger partial charge in [0.1, 0.15) is 5.82 Å². The lowest BCUT2D eigenvalue weighted by molar-refractivity contribution is 0.0624. The number of anilines is 1. The number of nitrogen functional groups attached to an aromatic ring is 1. The van der Waals surface area contributed by atoms with Crippen molar-refractivity contribution in [2.45, 2.75) is 18.9 Å². The number of carbonyl (C=O) groups is 1. The molecule has 1 fully saturated rings. The van der Waals surface area contributed by atoms with E-state index >= 15 is 0 Å². The van der Waals surface area contributed by atoms with Crippen molar-refractivity contribution in [3.05, 3.63) is 23.9 Å². The molecule has 0 aromatic carbocycles. The van der Waals surface area contributed by atoms with Gasteiger partial charge < -0.3 is 15.5 Å². The van der Waals surface area contributed by atoms with Gasteiger partial charge in [0.05, 0.1) is 18.2 Å². The van der Waals surface area contributed by atoms with E-state index in [1.807, 2.05) is 0 Å². The van der Waals surface area contributed by atoms with E-state index in [2.05, 4.69) is 15.7 Å². The summed E-state index contributed by atoms with van der Waals surface area (Å²) in [7, 11) is 0. The summed E-state index contributed by atoms with van der Waals surface area (Å²) in [5, 5.41) is 2.92. The maximum Gasteiger partial charge on any atom is 0.253 e. The number of nitrogens with one attached hydrogen (secondary N) is 2. The molecule has 1 saturated heterocycles. The molecule has 1 aromatic rings. The molecule has 1 amide bonds. The summed E-state index contributed by atoms with van der Waals surface area (Å²) in [4.78, 5) is 15.8. The molecule has 0 radical (unpaired) electrons. The van der Waals surface area contributed by atoms with Crippen molar-refractivity contribution in [1.29, 1.82) is 0 Å². The fourth-order valence-electron chi connectivity index (χ4n) is 1.74. The number of rotatable bonds is 3. The maximum absolute atomic E-state index is 11.9. The third kappa shape index (κ3) is 3.15. The van der Waals surface area contributed by atoms with Gasteiger partial charge in [-0.05, 0) is 25.0 Å². The first-order valence-electron chi connectivity index (χ1n) is 5.61. The second-order valence-electron chi connectivity index (χ2n) is 3.96. The minimum absolute atomic E-state index is 0.101. The van der Waals surface area contributed by atoms with Gasteiger partial charge in [-0.25, -0.2) is 10.8 Å². The van der Waals surface area contributed by atoms with Gasteiger partial charge in [-0.1, -0.05) is 0 Å². The Hall–Kier alpha value is -1.66. The lowest BCUT2D eigenvalue weighted by atomic mass is 10.1. The third-order valence-electron chi connectivity index (χ3n) is 2.67. The van der Waals surface area contributed by atoms with Crippen LogP contribution < -0.4 is 16.6 Å². The Labute approximate surface area is 99.5 Å². The largest absolute Gasteiger partial charge is 0.379 e. The van der Waals surface area contributed by atoms with E-state index < -0.39 is 0 Å². The normalized spacial score (nSPS) is 19.7. The predicted molar refractivity (Wildman–Crippen MR) is 63.4 cm³/mol. The van der Waals surface area contributed by atoms with E-state index in [9.17, 15) is 4.79 Å². The molecule has 0 spiro atoms. The van der Waals surface area contributed by atoms with Crippen LogP contribution in [0.25, 0.3) is 0 Å². The average molecular weight is 236 g/mol. The number of amides is 1. The number of hydrogen-bond donors (Lipinski definition) is 3. The first-order valence-corrected chi connectivity index (χ1v) is 5.61. The fourth-order valence-corrected chi connectivity index (χ4v) is 1.74. The zero-order valence-electron chi connectivity index (χ0n) is 9.48. The van der Waals surface area contributed by atoms with Gasteiger partial charge in [0.15, 0.2) is 0 Å². The number of aromatic nitrogens is 1. The quantitative estimate of drug-likeness (QED) is 0.518. The summed E-state index contributed by atoms with van der Waals surface area (Å²) in [6.07, 6.45) is 3.44. The van der Waals surface area contributed by atoms with Gasteiger partial charge in [0, 0.05) is 12.8 Å². The van der Waals surface area contributed by atoms with E-state index in [0.717, 1.165) is 19.4 Å². The van der Waals surface area contributed by atoms with E-state index in [0.29, 0.717) is 18.0 Å². The number of hydrazine groups is 1. The van der Waals surface area contributed by atoms with E-state index in [4.69, 9.17) is 10.6 Å². The maximum atomic E-state index is 11.9. The Balaban J connectivity index is 1.93. The number of pyridine rings is 1. The SMILES string of the molecule is NNc1ccc(C(=O)NC2CCCOC2)cn1. The van der Waals surface area contributed by atoms with Crippen LogP contribution in [0.1, 0.15) is 23.2 Å². The predicted octanol–water partition coefficient (Wildman–Crippen LogP) is 0.276. The first-order chi connectivity index (χ1) is 8.29. The monoisotopic (exact) mass is 236 g/mol. The number of nitrogens with zero attached hydrogens (tertiary/aromatic N) is 1. The summed E-state index contributed by atoms with van der Waals surface area (Å²) >= 11 is 0. The lowest BCUT2D eigenvalue weighted by Gasteiger charge is -2.23. The van der Waals surface area contributed by atoms with Crippen molar-refractivity contribution in [1.82, 2.24) is 10.3 Å². The molecular formula is C11H16N4O2. The highest BCUT2D eigenvalue weighted by Crippen LogP contribution is 2.08. The van der Waals surface area contributed by atoms with Gasteiger partial charge >= 0.3 is 0 Å². The van der Waals surface area contributed by atoms with Gasteiger partial charge in [0.2, 0.25) is 0 Å². The molecule has 2 rings (SSSR count). The van der Waals surface area contributed by atoms with Crippen LogP contribution in [0.3, 0.4) is 0 Å². The average Bonchev–Trinajstić information content (AvgIpc) is 2.40. The van der Waals surface area contributed by atoms with Gasteiger partial charge in [-0.2, -0.15) is 0 Å². The second kappa shape index (κ2) is 5.60. The Bertz CT molecular complexity index is 374. The van der Waals surface area contributed by atoms with Crippen molar-refractivity contribution in [3.8, 4) is 0 Å². The van der Waals surface area contributed by atoms with Crippen LogP contribution in [-0.4, -0.2) is 30.1 Å². The molecule has 1 atom stereocenters. The van der Waals surface area contributed by atoms with Crippen molar-refractivity contribution < 1.29 is 9.53 Å². The molecular weight excluding hydrogens is 220 g/mol. The fraction of sp³-hybridized carbons (Fsp3) is 0.455. The highest BCUT2D eigenvalue weighted by atomic mass is 16.5. The summed E-state index contributed by atoms with van der Waals surface area (Å²) < 4.78 is 5.30. The number of hydrogen-bond acceptors (Lipinski definition) is 5. The van der Waals surface area contributed by atoms with Crippen LogP contribution in [0.15, 0.2) is 18.3 Å².